The van der Waals surface area contributed by atoms with Gasteiger partial charge in [0.05, 0.1) is 0 Å². The van der Waals surface area contributed by atoms with Crippen molar-refractivity contribution < 1.29 is 9.53 Å². The van der Waals surface area contributed by atoms with Crippen LogP contribution in [0.1, 0.15) is 31.7 Å². The molecule has 2 atom stereocenters. The van der Waals surface area contributed by atoms with E-state index in [1.807, 2.05) is 37.3 Å². The van der Waals surface area contributed by atoms with E-state index in [1.54, 1.807) is 0 Å². The Balaban J connectivity index is 2.07. The monoisotopic (exact) mass is 228 g/mol. The average Bonchev–Trinajstić information content (AvgIpc) is 2.65. The Bertz CT molecular complexity index is 475. The van der Waals surface area contributed by atoms with Gasteiger partial charge >= 0.3 is 5.97 Å². The summed E-state index contributed by atoms with van der Waals surface area (Å²) in [6.07, 6.45) is 5.26. The average molecular weight is 228 g/mol. The minimum Gasteiger partial charge on any atom is -0.450 e. The molecule has 88 valence electrons. The number of esters is 1. The first-order valence-electron chi connectivity index (χ1n) is 6.21. The largest absolute Gasteiger partial charge is 0.450 e. The predicted octanol–water partition coefficient (Wildman–Crippen LogP) is 3.19. The van der Waals surface area contributed by atoms with Gasteiger partial charge < -0.3 is 4.74 Å². The molecule has 2 unspecified atom stereocenters. The van der Waals surface area contributed by atoms with Crippen LogP contribution in [0.25, 0.3) is 0 Å². The fourth-order valence-electron chi connectivity index (χ4n) is 3.03. The molecule has 1 fully saturated rings. The summed E-state index contributed by atoms with van der Waals surface area (Å²) in [6.45, 7) is 2.04. The lowest BCUT2D eigenvalue weighted by atomic mass is 9.75. The number of carbonyl (C=O) groups excluding carboxylic acids is 1. The zero-order chi connectivity index (χ0) is 11.9. The van der Waals surface area contributed by atoms with Gasteiger partial charge in [-0.25, -0.2) is 4.79 Å². The molecule has 1 aromatic carbocycles. The van der Waals surface area contributed by atoms with E-state index in [-0.39, 0.29) is 11.9 Å². The van der Waals surface area contributed by atoms with Crippen LogP contribution >= 0.6 is 0 Å². The SMILES string of the molecule is CC1(c2ccccc2)OC(=O)C2=CCCCC21. The van der Waals surface area contributed by atoms with Gasteiger partial charge in [0.1, 0.15) is 5.60 Å². The smallest absolute Gasteiger partial charge is 0.335 e. The topological polar surface area (TPSA) is 26.3 Å². The number of ether oxygens (including phenoxy) is 1. The Morgan fingerprint density at radius 2 is 2.06 bits per heavy atom. The van der Waals surface area contributed by atoms with Crippen molar-refractivity contribution in [3.63, 3.8) is 0 Å². The Morgan fingerprint density at radius 1 is 1.29 bits per heavy atom. The molecule has 1 aromatic rings. The van der Waals surface area contributed by atoms with Crippen molar-refractivity contribution in [2.45, 2.75) is 31.8 Å². The molecule has 0 saturated carbocycles. The molecule has 0 radical (unpaired) electrons. The van der Waals surface area contributed by atoms with Crippen molar-refractivity contribution in [1.82, 2.24) is 0 Å². The number of fused-ring (bicyclic) bond motifs is 1. The molecule has 0 aromatic heterocycles. The lowest BCUT2D eigenvalue weighted by Gasteiger charge is -2.31. The van der Waals surface area contributed by atoms with Gasteiger partial charge in [-0.15, -0.1) is 0 Å². The van der Waals surface area contributed by atoms with E-state index in [2.05, 4.69) is 6.08 Å². The number of hydrogen-bond donors (Lipinski definition) is 0. The highest BCUT2D eigenvalue weighted by Gasteiger charge is 2.50. The van der Waals surface area contributed by atoms with Gasteiger partial charge in [0.2, 0.25) is 0 Å². The molecule has 0 N–H and O–H groups in total. The van der Waals surface area contributed by atoms with Gasteiger partial charge in [0.15, 0.2) is 0 Å². The minimum atomic E-state index is -0.468. The maximum atomic E-state index is 11.9. The second-order valence-electron chi connectivity index (χ2n) is 5.01. The van der Waals surface area contributed by atoms with Crippen molar-refractivity contribution in [3.05, 3.63) is 47.5 Å². The van der Waals surface area contributed by atoms with Crippen LogP contribution < -0.4 is 0 Å². The number of benzene rings is 1. The van der Waals surface area contributed by atoms with Gasteiger partial charge in [-0.2, -0.15) is 0 Å². The fraction of sp³-hybridized carbons (Fsp3) is 0.400. The molecule has 1 aliphatic heterocycles. The fourth-order valence-corrected chi connectivity index (χ4v) is 3.03. The van der Waals surface area contributed by atoms with Crippen LogP contribution in [0.5, 0.6) is 0 Å². The third-order valence-corrected chi connectivity index (χ3v) is 3.99. The van der Waals surface area contributed by atoms with Gasteiger partial charge in [-0.1, -0.05) is 36.4 Å². The van der Waals surface area contributed by atoms with E-state index in [4.69, 9.17) is 4.74 Å². The molecule has 3 rings (SSSR count). The van der Waals surface area contributed by atoms with E-state index in [1.165, 1.54) is 0 Å². The highest BCUT2D eigenvalue weighted by molar-refractivity contribution is 5.92. The number of rotatable bonds is 1. The molecule has 0 bridgehead atoms. The number of cyclic esters (lactones) is 1. The van der Waals surface area contributed by atoms with Crippen molar-refractivity contribution in [2.75, 3.05) is 0 Å². The van der Waals surface area contributed by atoms with Crippen LogP contribution in [0.15, 0.2) is 42.0 Å². The van der Waals surface area contributed by atoms with Gasteiger partial charge in [-0.3, -0.25) is 0 Å². The summed E-state index contributed by atoms with van der Waals surface area (Å²) in [6, 6.07) is 10.1. The predicted molar refractivity (Wildman–Crippen MR) is 65.3 cm³/mol. The molecule has 2 nitrogen and oxygen atoms in total. The van der Waals surface area contributed by atoms with Crippen LogP contribution in [0, 0.1) is 5.92 Å². The number of hydrogen-bond acceptors (Lipinski definition) is 2. The summed E-state index contributed by atoms with van der Waals surface area (Å²) in [5.41, 5.74) is 1.52. The molecular weight excluding hydrogens is 212 g/mol. The maximum Gasteiger partial charge on any atom is 0.335 e. The lowest BCUT2D eigenvalue weighted by Crippen LogP contribution is -2.30. The lowest BCUT2D eigenvalue weighted by molar-refractivity contribution is -0.147. The zero-order valence-electron chi connectivity index (χ0n) is 9.98. The van der Waals surface area contributed by atoms with E-state index >= 15 is 0 Å². The first-order valence-corrected chi connectivity index (χ1v) is 6.21. The van der Waals surface area contributed by atoms with Crippen molar-refractivity contribution in [2.24, 2.45) is 5.92 Å². The van der Waals surface area contributed by atoms with Crippen LogP contribution in [0.3, 0.4) is 0 Å². The molecular formula is C15H16O2. The highest BCUT2D eigenvalue weighted by atomic mass is 16.6. The zero-order valence-corrected chi connectivity index (χ0v) is 9.98. The molecule has 1 heterocycles. The third-order valence-electron chi connectivity index (χ3n) is 3.99. The van der Waals surface area contributed by atoms with E-state index in [0.717, 1.165) is 30.4 Å². The first-order chi connectivity index (χ1) is 8.22. The molecule has 1 saturated heterocycles. The molecule has 17 heavy (non-hydrogen) atoms. The van der Waals surface area contributed by atoms with Gasteiger partial charge in [0, 0.05) is 11.5 Å². The Morgan fingerprint density at radius 3 is 2.82 bits per heavy atom. The minimum absolute atomic E-state index is 0.124. The van der Waals surface area contributed by atoms with Crippen molar-refractivity contribution in [1.29, 1.82) is 0 Å². The Hall–Kier alpha value is -1.57. The van der Waals surface area contributed by atoms with E-state index < -0.39 is 5.60 Å². The molecule has 0 spiro atoms. The quantitative estimate of drug-likeness (QED) is 0.690. The third kappa shape index (κ3) is 1.51. The maximum absolute atomic E-state index is 11.9. The Kier molecular flexibility index (Phi) is 2.32. The van der Waals surface area contributed by atoms with E-state index in [0.29, 0.717) is 0 Å². The molecule has 2 aliphatic rings. The molecule has 2 heteroatoms. The van der Waals surface area contributed by atoms with Crippen molar-refractivity contribution >= 4 is 5.97 Å². The summed E-state index contributed by atoms with van der Waals surface area (Å²) < 4.78 is 5.67. The van der Waals surface area contributed by atoms with Crippen LogP contribution in [-0.4, -0.2) is 5.97 Å². The second kappa shape index (κ2) is 3.73. The summed E-state index contributed by atoms with van der Waals surface area (Å²) in [5, 5.41) is 0. The van der Waals surface area contributed by atoms with E-state index in [9.17, 15) is 4.79 Å². The number of allylic oxidation sites excluding steroid dienone is 1. The molecule has 0 amide bonds. The van der Waals surface area contributed by atoms with Gasteiger partial charge in [0.25, 0.3) is 0 Å². The summed E-state index contributed by atoms with van der Waals surface area (Å²) in [5.74, 6) is 0.104. The highest BCUT2D eigenvalue weighted by Crippen LogP contribution is 2.48. The van der Waals surface area contributed by atoms with Crippen LogP contribution in [-0.2, 0) is 15.1 Å². The standard InChI is InChI=1S/C15H16O2/c1-15(11-7-3-2-4-8-11)13-10-6-5-9-12(13)14(16)17-15/h2-4,7-9,13H,5-6,10H2,1H3. The summed E-state index contributed by atoms with van der Waals surface area (Å²) in [4.78, 5) is 11.9. The molecule has 1 aliphatic carbocycles. The van der Waals surface area contributed by atoms with Gasteiger partial charge in [-0.05, 0) is 31.7 Å². The first kappa shape index (κ1) is 10.6. The second-order valence-corrected chi connectivity index (χ2v) is 5.01. The van der Waals surface area contributed by atoms with Crippen LogP contribution in [0.4, 0.5) is 0 Å². The van der Waals surface area contributed by atoms with Crippen molar-refractivity contribution in [3.8, 4) is 0 Å². The van der Waals surface area contributed by atoms with Crippen LogP contribution in [0.2, 0.25) is 0 Å². The Labute approximate surface area is 101 Å². The normalized spacial score (nSPS) is 31.7. The summed E-state index contributed by atoms with van der Waals surface area (Å²) >= 11 is 0. The summed E-state index contributed by atoms with van der Waals surface area (Å²) in [7, 11) is 0. The number of carbonyl (C=O) groups is 1.